The molecule has 2 saturated heterocycles. The van der Waals surface area contributed by atoms with Crippen LogP contribution in [0.1, 0.15) is 66.9 Å². The molecule has 2 N–H and O–H groups in total. The zero-order valence-electron chi connectivity index (χ0n) is 30.2. The number of likely N-dealkylation sites (N-methyl/N-ethyl adjacent to an activating group) is 1. The molecule has 3 aliphatic heterocycles. The van der Waals surface area contributed by atoms with Crippen LogP contribution in [0.4, 0.5) is 10.5 Å². The highest BCUT2D eigenvalue weighted by Gasteiger charge is 2.64. The number of hydrogen-bond donors (Lipinski definition) is 2. The lowest BCUT2D eigenvalue weighted by atomic mass is 9.83. The number of carbonyl (C=O) groups excluding carboxylic acids is 3. The van der Waals surface area contributed by atoms with E-state index in [4.69, 9.17) is 35.3 Å². The third-order valence-corrected chi connectivity index (χ3v) is 10.2. The molecular weight excluding hydrogens is 654 g/mol. The quantitative estimate of drug-likeness (QED) is 0.314. The number of esters is 1. The Hall–Kier alpha value is -3.32. The number of ether oxygens (including phenoxy) is 5. The minimum absolute atomic E-state index is 0.0258. The van der Waals surface area contributed by atoms with Gasteiger partial charge in [-0.25, -0.2) is 9.59 Å². The average Bonchev–Trinajstić information content (AvgIpc) is 3.72. The third kappa shape index (κ3) is 8.71. The summed E-state index contributed by atoms with van der Waals surface area (Å²) >= 11 is 6.82. The fourth-order valence-electron chi connectivity index (χ4n) is 6.59. The van der Waals surface area contributed by atoms with Gasteiger partial charge in [-0.3, -0.25) is 10.1 Å². The highest BCUT2D eigenvalue weighted by Crippen LogP contribution is 2.49. The van der Waals surface area contributed by atoms with Gasteiger partial charge >= 0.3 is 12.1 Å². The number of alkyl carbamates (subject to hydrolysis) is 1. The Morgan fingerprint density at radius 3 is 2.57 bits per heavy atom. The summed E-state index contributed by atoms with van der Waals surface area (Å²) in [5, 5.41) is 15.0. The van der Waals surface area contributed by atoms with Gasteiger partial charge < -0.3 is 38.6 Å². The first-order valence-corrected chi connectivity index (χ1v) is 17.2. The van der Waals surface area contributed by atoms with E-state index in [2.05, 4.69) is 5.32 Å². The summed E-state index contributed by atoms with van der Waals surface area (Å²) < 4.78 is 30.0. The minimum atomic E-state index is -1.77. The number of amides is 2. The van der Waals surface area contributed by atoms with Crippen LogP contribution in [0, 0.1) is 5.92 Å². The maximum absolute atomic E-state index is 13.4. The van der Waals surface area contributed by atoms with E-state index in [1.54, 1.807) is 27.2 Å². The molecular formula is C36H52ClN3O9. The number of hydrogen-bond acceptors (Lipinski definition) is 10. The first-order valence-electron chi connectivity index (χ1n) is 16.8. The first-order chi connectivity index (χ1) is 22.9. The number of fused-ring (bicyclic) bond motifs is 5. The maximum Gasteiger partial charge on any atom is 0.409 e. The molecule has 0 saturated carbocycles. The molecule has 0 spiro atoms. The van der Waals surface area contributed by atoms with Crippen LogP contribution in [0.25, 0.3) is 0 Å². The van der Waals surface area contributed by atoms with Crippen LogP contribution in [0.2, 0.25) is 5.02 Å². The van der Waals surface area contributed by atoms with Crippen LogP contribution in [0.5, 0.6) is 5.75 Å². The number of allylic oxidation sites excluding steroid dienone is 3. The van der Waals surface area contributed by atoms with Crippen molar-refractivity contribution in [3.05, 3.63) is 46.5 Å². The monoisotopic (exact) mass is 705 g/mol. The molecule has 49 heavy (non-hydrogen) atoms. The summed E-state index contributed by atoms with van der Waals surface area (Å²) in [5.74, 6) is -0.712. The van der Waals surface area contributed by atoms with E-state index >= 15 is 0 Å². The second-order valence-corrected chi connectivity index (χ2v) is 14.4. The van der Waals surface area contributed by atoms with Gasteiger partial charge in [-0.15, -0.1) is 0 Å². The topological polar surface area (TPSA) is 139 Å². The van der Waals surface area contributed by atoms with E-state index in [1.807, 2.05) is 70.9 Å². The van der Waals surface area contributed by atoms with Gasteiger partial charge in [0.2, 0.25) is 5.91 Å². The zero-order valence-corrected chi connectivity index (χ0v) is 31.0. The predicted octanol–water partition coefficient (Wildman–Crippen LogP) is 4.79. The summed E-state index contributed by atoms with van der Waals surface area (Å²) in [6, 6.07) is 3.08. The van der Waals surface area contributed by atoms with E-state index in [-0.39, 0.29) is 18.4 Å². The number of carbonyl (C=O) groups is 3. The van der Waals surface area contributed by atoms with Crippen molar-refractivity contribution in [1.82, 2.24) is 10.2 Å². The number of nitrogens with zero attached hydrogens (tertiary/aromatic N) is 2. The van der Waals surface area contributed by atoms with Gasteiger partial charge in [-0.05, 0) is 58.7 Å². The zero-order chi connectivity index (χ0) is 36.4. The van der Waals surface area contributed by atoms with Crippen LogP contribution in [0.15, 0.2) is 35.9 Å². The van der Waals surface area contributed by atoms with Gasteiger partial charge in [0.25, 0.3) is 0 Å². The third-order valence-electron chi connectivity index (χ3n) is 9.84. The Morgan fingerprint density at radius 1 is 1.24 bits per heavy atom. The Kier molecular flexibility index (Phi) is 12.0. The fraction of sp³-hybridized carbons (Fsp3) is 0.639. The number of nitrogens with one attached hydrogen (secondary N) is 1. The van der Waals surface area contributed by atoms with Crippen LogP contribution in [-0.2, 0) is 35.0 Å². The van der Waals surface area contributed by atoms with Gasteiger partial charge in [0.15, 0.2) is 5.72 Å². The van der Waals surface area contributed by atoms with Gasteiger partial charge in [0.05, 0.1) is 25.0 Å². The lowest BCUT2D eigenvalue weighted by molar-refractivity contribution is -0.161. The van der Waals surface area contributed by atoms with Crippen molar-refractivity contribution in [3.63, 3.8) is 0 Å². The van der Waals surface area contributed by atoms with Crippen LogP contribution in [-0.4, -0.2) is 104 Å². The van der Waals surface area contributed by atoms with Crippen molar-refractivity contribution >= 4 is 35.3 Å². The van der Waals surface area contributed by atoms with E-state index < -0.39 is 59.8 Å². The maximum atomic E-state index is 13.4. The standard InChI is InChI=1S/C36H52ClN3O9/c1-20(2)46-30-13-11-12-21(3)16-25-17-26(31(37)27(18-25)45-10)39(8)15-14-29(48-33(42)23(5)40(9)24(6)41)35(7)32(49-35)22(4)28-19-36(30,44)38-34(43)47-28/h11-13,17-18,20,22-23,28-30,32,44H,14-16,19H2,1-10H3,(H,38,43)/b13-11-,21-12-. The molecule has 2 amide bonds. The molecule has 1 aromatic carbocycles. The molecule has 272 valence electrons. The summed E-state index contributed by atoms with van der Waals surface area (Å²) in [4.78, 5) is 41.7. The normalized spacial score (nSPS) is 32.8. The molecule has 4 rings (SSSR count). The Balaban J connectivity index is 1.77. The summed E-state index contributed by atoms with van der Waals surface area (Å²) in [7, 11) is 5.02. The van der Waals surface area contributed by atoms with Crippen molar-refractivity contribution in [1.29, 1.82) is 0 Å². The Morgan fingerprint density at radius 2 is 1.94 bits per heavy atom. The SMILES string of the molecule is COc1cc2cc(c1Cl)N(C)CCC(OC(=O)C(C)N(C)C(C)=O)C1(C)OC1C(C)C1CC(O)(NC(=O)O1)C(OC(C)C)/C=C\C=C(\C)C2. The second-order valence-electron chi connectivity index (χ2n) is 14.0. The van der Waals surface area contributed by atoms with Gasteiger partial charge in [-0.2, -0.15) is 0 Å². The lowest BCUT2D eigenvalue weighted by Crippen LogP contribution is -2.64. The molecule has 2 fully saturated rings. The van der Waals surface area contributed by atoms with E-state index in [9.17, 15) is 19.5 Å². The molecule has 3 heterocycles. The first kappa shape index (κ1) is 38.5. The highest BCUT2D eigenvalue weighted by atomic mass is 35.5. The average molecular weight is 706 g/mol. The predicted molar refractivity (Wildman–Crippen MR) is 186 cm³/mol. The van der Waals surface area contributed by atoms with Crippen molar-refractivity contribution in [3.8, 4) is 5.75 Å². The molecule has 3 aliphatic rings. The molecule has 12 nitrogen and oxygen atoms in total. The van der Waals surface area contributed by atoms with Crippen molar-refractivity contribution in [2.75, 3.05) is 32.6 Å². The molecule has 13 heteroatoms. The Labute approximate surface area is 294 Å². The minimum Gasteiger partial charge on any atom is -0.495 e. The number of epoxide rings is 1. The largest absolute Gasteiger partial charge is 0.495 e. The molecule has 0 aromatic heterocycles. The second kappa shape index (κ2) is 15.3. The Bertz CT molecular complexity index is 1470. The number of aliphatic hydroxyl groups is 1. The van der Waals surface area contributed by atoms with Crippen LogP contribution >= 0.6 is 11.6 Å². The lowest BCUT2D eigenvalue weighted by Gasteiger charge is -2.43. The number of rotatable bonds is 6. The van der Waals surface area contributed by atoms with Gasteiger partial charge in [-0.1, -0.05) is 42.3 Å². The number of halogens is 1. The summed E-state index contributed by atoms with van der Waals surface area (Å²) in [6.07, 6.45) is 2.55. The number of methoxy groups -OCH3 is 1. The van der Waals surface area contributed by atoms with Crippen molar-refractivity contribution in [2.45, 2.75) is 116 Å². The molecule has 8 atom stereocenters. The fourth-order valence-corrected chi connectivity index (χ4v) is 6.92. The summed E-state index contributed by atoms with van der Waals surface area (Å²) in [6.45, 7) is 12.9. The molecule has 0 aliphatic carbocycles. The molecule has 8 unspecified atom stereocenters. The van der Waals surface area contributed by atoms with Gasteiger partial charge in [0.1, 0.15) is 40.7 Å². The molecule has 0 radical (unpaired) electrons. The molecule has 4 bridgehead atoms. The smallest absolute Gasteiger partial charge is 0.409 e. The number of anilines is 1. The van der Waals surface area contributed by atoms with E-state index in [1.165, 1.54) is 11.8 Å². The van der Waals surface area contributed by atoms with Crippen LogP contribution in [0.3, 0.4) is 0 Å². The van der Waals surface area contributed by atoms with E-state index in [0.717, 1.165) is 16.8 Å². The van der Waals surface area contributed by atoms with E-state index in [0.29, 0.717) is 30.2 Å². The molecule has 1 aromatic rings. The van der Waals surface area contributed by atoms with Crippen molar-refractivity contribution in [2.24, 2.45) is 5.92 Å². The number of benzene rings is 1. The highest BCUT2D eigenvalue weighted by molar-refractivity contribution is 6.34. The van der Waals surface area contributed by atoms with Gasteiger partial charge in [0, 0.05) is 46.3 Å². The van der Waals surface area contributed by atoms with Crippen LogP contribution < -0.4 is 15.0 Å². The van der Waals surface area contributed by atoms with Crippen molar-refractivity contribution < 1.29 is 43.2 Å². The summed E-state index contributed by atoms with van der Waals surface area (Å²) in [5.41, 5.74) is 0.00248.